The number of aromatic amines is 1. The third-order valence-electron chi connectivity index (χ3n) is 7.49. The van der Waals surface area contributed by atoms with Crippen molar-refractivity contribution in [2.24, 2.45) is 0 Å². The highest BCUT2D eigenvalue weighted by molar-refractivity contribution is 5.87. The van der Waals surface area contributed by atoms with Gasteiger partial charge in [-0.1, -0.05) is 29.8 Å². The third-order valence-corrected chi connectivity index (χ3v) is 7.49. The van der Waals surface area contributed by atoms with Crippen LogP contribution in [-0.4, -0.2) is 84.8 Å². The number of rotatable bonds is 6. The van der Waals surface area contributed by atoms with Crippen molar-refractivity contribution in [2.75, 3.05) is 25.1 Å². The molecule has 0 aliphatic carbocycles. The number of fused-ring (bicyclic) bond motifs is 2. The molecule has 3 N–H and O–H groups in total. The van der Waals surface area contributed by atoms with Gasteiger partial charge < -0.3 is 29.4 Å². The number of H-pyrrole nitrogens is 1. The summed E-state index contributed by atoms with van der Waals surface area (Å²) in [6, 6.07) is 8.35. The number of aryl methyl sites for hydroxylation is 1. The van der Waals surface area contributed by atoms with Gasteiger partial charge in [-0.15, -0.1) is 0 Å². The quantitative estimate of drug-likeness (QED) is 0.339. The number of imidazole rings is 1. The zero-order chi connectivity index (χ0) is 26.7. The van der Waals surface area contributed by atoms with E-state index >= 15 is 0 Å². The number of benzene rings is 1. The number of hydrogen-bond donors (Lipinski definition) is 3. The predicted molar refractivity (Wildman–Crippen MR) is 141 cm³/mol. The van der Waals surface area contributed by atoms with Gasteiger partial charge in [0.15, 0.2) is 34.8 Å². The van der Waals surface area contributed by atoms with Crippen molar-refractivity contribution in [1.82, 2.24) is 29.7 Å². The summed E-state index contributed by atoms with van der Waals surface area (Å²) in [5.41, 5.74) is 4.86. The third kappa shape index (κ3) is 4.28. The van der Waals surface area contributed by atoms with E-state index < -0.39 is 30.3 Å². The molecule has 39 heavy (non-hydrogen) atoms. The van der Waals surface area contributed by atoms with Gasteiger partial charge in [-0.05, 0) is 32.8 Å². The summed E-state index contributed by atoms with van der Waals surface area (Å²) in [5.74, 6) is 0.244. The maximum atomic E-state index is 10.00. The van der Waals surface area contributed by atoms with Crippen molar-refractivity contribution in [3.05, 3.63) is 42.4 Å². The van der Waals surface area contributed by atoms with Crippen molar-refractivity contribution in [3.8, 4) is 22.6 Å². The van der Waals surface area contributed by atoms with Crippen LogP contribution in [0.5, 0.6) is 0 Å². The highest BCUT2D eigenvalue weighted by atomic mass is 16.8. The number of aromatic nitrogens is 6. The predicted octanol–water partition coefficient (Wildman–Crippen LogP) is 2.80. The molecule has 0 spiro atoms. The summed E-state index contributed by atoms with van der Waals surface area (Å²) >= 11 is 0. The average Bonchev–Trinajstić information content (AvgIpc) is 3.73. The molecule has 12 heteroatoms. The van der Waals surface area contributed by atoms with E-state index in [1.807, 2.05) is 24.6 Å². The van der Waals surface area contributed by atoms with Crippen molar-refractivity contribution < 1.29 is 24.1 Å². The minimum atomic E-state index is -0.797. The zero-order valence-electron chi connectivity index (χ0n) is 22.0. The van der Waals surface area contributed by atoms with Gasteiger partial charge in [0.1, 0.15) is 24.0 Å². The van der Waals surface area contributed by atoms with E-state index in [4.69, 9.17) is 28.9 Å². The number of nitrogens with zero attached hydrogens (tertiary/aromatic N) is 5. The Morgan fingerprint density at radius 2 is 1.97 bits per heavy atom. The summed E-state index contributed by atoms with van der Waals surface area (Å²) < 4.78 is 25.9. The summed E-state index contributed by atoms with van der Waals surface area (Å²) in [6.45, 7) is 6.87. The Bertz CT molecular complexity index is 1490. The maximum Gasteiger partial charge on any atom is 0.184 e. The first-order chi connectivity index (χ1) is 18.9. The van der Waals surface area contributed by atoms with E-state index in [1.165, 1.54) is 5.56 Å². The van der Waals surface area contributed by atoms with Crippen LogP contribution < -0.4 is 5.32 Å². The Morgan fingerprint density at radius 1 is 1.15 bits per heavy atom. The van der Waals surface area contributed by atoms with E-state index in [0.29, 0.717) is 41.7 Å². The van der Waals surface area contributed by atoms with Crippen molar-refractivity contribution in [3.63, 3.8) is 0 Å². The number of ether oxygens (including phenoxy) is 4. The highest BCUT2D eigenvalue weighted by Gasteiger charge is 2.56. The molecule has 0 radical (unpaired) electrons. The van der Waals surface area contributed by atoms with Gasteiger partial charge in [0.05, 0.1) is 25.6 Å². The van der Waals surface area contributed by atoms with Gasteiger partial charge in [0.25, 0.3) is 0 Å². The lowest BCUT2D eigenvalue weighted by Crippen LogP contribution is -2.31. The molecule has 12 nitrogen and oxygen atoms in total. The Balaban J connectivity index is 1.35. The minimum absolute atomic E-state index is 0.107. The fourth-order valence-corrected chi connectivity index (χ4v) is 5.59. The van der Waals surface area contributed by atoms with Gasteiger partial charge in [0, 0.05) is 18.4 Å². The number of aliphatic hydroxyl groups excluding tert-OH is 1. The molecule has 1 unspecified atom stereocenters. The number of nitrogens with one attached hydrogen (secondary N) is 2. The largest absolute Gasteiger partial charge is 0.394 e. The van der Waals surface area contributed by atoms with Gasteiger partial charge in [-0.3, -0.25) is 9.67 Å². The molecule has 3 aliphatic heterocycles. The first-order valence-electron chi connectivity index (χ1n) is 13.2. The second-order valence-corrected chi connectivity index (χ2v) is 10.8. The van der Waals surface area contributed by atoms with E-state index in [-0.39, 0.29) is 12.6 Å². The summed E-state index contributed by atoms with van der Waals surface area (Å²) in [7, 11) is 0. The van der Waals surface area contributed by atoms with Crippen LogP contribution in [0, 0.1) is 6.92 Å². The number of anilines is 1. The van der Waals surface area contributed by atoms with Crippen molar-refractivity contribution in [2.45, 2.75) is 63.6 Å². The molecule has 5 atom stereocenters. The summed E-state index contributed by atoms with van der Waals surface area (Å²) in [5, 5.41) is 21.0. The molecule has 0 saturated carbocycles. The molecule has 1 aromatic carbocycles. The normalized spacial score (nSPS) is 27.8. The highest BCUT2D eigenvalue weighted by Crippen LogP contribution is 2.44. The molecule has 6 heterocycles. The van der Waals surface area contributed by atoms with Crippen LogP contribution in [0.3, 0.4) is 0 Å². The minimum Gasteiger partial charge on any atom is -0.394 e. The van der Waals surface area contributed by atoms with E-state index in [9.17, 15) is 5.11 Å². The van der Waals surface area contributed by atoms with Crippen LogP contribution in [0.25, 0.3) is 33.8 Å². The van der Waals surface area contributed by atoms with Crippen LogP contribution in [0.4, 0.5) is 5.82 Å². The van der Waals surface area contributed by atoms with Crippen molar-refractivity contribution in [1.29, 1.82) is 0 Å². The second kappa shape index (κ2) is 9.35. The standard InChI is InChI=1S/C27H31N7O5/c1-14-4-6-15(7-5-14)17-10-29-33-19(17)23-31-24(30-16-8-9-36-12-16)20-25(32-23)34(13-28-20)26-22-21(18(11-35)37-26)38-27(2,3)39-22/h4-7,10,13,16,18,21-22,26,35H,8-9,11-12H2,1-3H3,(H,29,33)(H,30,31,32)/t16?,18-,21-,22-,26-/m1/s1. The van der Waals surface area contributed by atoms with E-state index in [0.717, 1.165) is 17.5 Å². The maximum absolute atomic E-state index is 10.00. The summed E-state index contributed by atoms with van der Waals surface area (Å²) in [4.78, 5) is 14.5. The van der Waals surface area contributed by atoms with Crippen LogP contribution >= 0.6 is 0 Å². The van der Waals surface area contributed by atoms with Gasteiger partial charge in [-0.2, -0.15) is 5.10 Å². The molecule has 0 bridgehead atoms. The Hall–Kier alpha value is -3.42. The molecule has 0 amide bonds. The van der Waals surface area contributed by atoms with Gasteiger partial charge >= 0.3 is 0 Å². The van der Waals surface area contributed by atoms with Gasteiger partial charge in [-0.25, -0.2) is 15.0 Å². The molecular formula is C27H31N7O5. The smallest absolute Gasteiger partial charge is 0.184 e. The lowest BCUT2D eigenvalue weighted by Gasteiger charge is -2.24. The topological polar surface area (TPSA) is 141 Å². The Labute approximate surface area is 224 Å². The molecule has 3 fully saturated rings. The average molecular weight is 534 g/mol. The molecule has 3 saturated heterocycles. The Morgan fingerprint density at radius 3 is 2.74 bits per heavy atom. The first kappa shape index (κ1) is 24.6. The van der Waals surface area contributed by atoms with Crippen LogP contribution in [0.15, 0.2) is 36.8 Å². The Kier molecular flexibility index (Phi) is 5.90. The lowest BCUT2D eigenvalue weighted by atomic mass is 10.0. The zero-order valence-corrected chi connectivity index (χ0v) is 22.0. The van der Waals surface area contributed by atoms with E-state index in [1.54, 1.807) is 6.33 Å². The summed E-state index contributed by atoms with van der Waals surface area (Å²) in [6.07, 6.45) is 2.41. The van der Waals surface area contributed by atoms with Crippen LogP contribution in [0.1, 0.15) is 32.1 Å². The molecule has 3 aliphatic rings. The molecule has 7 rings (SSSR count). The fourth-order valence-electron chi connectivity index (χ4n) is 5.59. The lowest BCUT2D eigenvalue weighted by molar-refractivity contribution is -0.199. The second-order valence-electron chi connectivity index (χ2n) is 10.8. The molecular weight excluding hydrogens is 502 g/mol. The van der Waals surface area contributed by atoms with Gasteiger partial charge in [0.2, 0.25) is 0 Å². The molecule has 204 valence electrons. The number of aliphatic hydroxyl groups is 1. The SMILES string of the molecule is Cc1ccc(-c2c[nH]nc2-c2nc(NC3CCOC3)c3ncn([C@@H]4O[C@H](CO)[C@H]5OC(C)(C)O[C@H]54)c3n2)cc1. The fraction of sp³-hybridized carbons (Fsp3) is 0.481. The van der Waals surface area contributed by atoms with Crippen molar-refractivity contribution >= 4 is 17.0 Å². The monoisotopic (exact) mass is 533 g/mol. The molecule has 4 aromatic rings. The molecule has 3 aromatic heterocycles. The van der Waals surface area contributed by atoms with E-state index in [2.05, 4.69) is 51.7 Å². The number of hydrogen-bond acceptors (Lipinski definition) is 10. The van der Waals surface area contributed by atoms with Crippen LogP contribution in [0.2, 0.25) is 0 Å². The first-order valence-corrected chi connectivity index (χ1v) is 13.2. The van der Waals surface area contributed by atoms with Crippen LogP contribution in [-0.2, 0) is 18.9 Å².